The van der Waals surface area contributed by atoms with Crippen molar-refractivity contribution in [1.29, 1.82) is 0 Å². The van der Waals surface area contributed by atoms with Gasteiger partial charge in [-0.05, 0) is 19.1 Å². The first-order valence-corrected chi connectivity index (χ1v) is 9.54. The zero-order valence-electron chi connectivity index (χ0n) is 15.4. The van der Waals surface area contributed by atoms with Gasteiger partial charge in [-0.1, -0.05) is 12.1 Å². The molecule has 140 valence electrons. The number of hydrogen-bond acceptors (Lipinski definition) is 5. The topological polar surface area (TPSA) is 67.2 Å². The summed E-state index contributed by atoms with van der Waals surface area (Å²) >= 11 is 1.41. The van der Waals surface area contributed by atoms with Crippen molar-refractivity contribution in [3.8, 4) is 17.0 Å². The van der Waals surface area contributed by atoms with Crippen LogP contribution in [0.2, 0.25) is 0 Å². The summed E-state index contributed by atoms with van der Waals surface area (Å²) in [5.74, 6) is 0.568. The lowest BCUT2D eigenvalue weighted by molar-refractivity contribution is -0.137. The number of likely N-dealkylation sites (N-methyl/N-ethyl adjacent to an activating group) is 1. The summed E-state index contributed by atoms with van der Waals surface area (Å²) in [6, 6.07) is 7.19. The summed E-state index contributed by atoms with van der Waals surface area (Å²) in [6.45, 7) is 2.84. The highest BCUT2D eigenvalue weighted by Crippen LogP contribution is 2.27. The number of aromatic nitrogens is 2. The van der Waals surface area contributed by atoms with Gasteiger partial charge in [0.1, 0.15) is 17.5 Å². The Bertz CT molecular complexity index is 1030. The molecular weight excluding hydrogens is 364 g/mol. The van der Waals surface area contributed by atoms with E-state index in [1.54, 1.807) is 40.7 Å². The van der Waals surface area contributed by atoms with E-state index in [4.69, 9.17) is 4.74 Å². The van der Waals surface area contributed by atoms with E-state index in [1.165, 1.54) is 11.3 Å². The fraction of sp³-hybridized carbons (Fsp3) is 0.316. The maximum atomic E-state index is 13.1. The number of amides is 2. The number of imidazole rings is 1. The van der Waals surface area contributed by atoms with E-state index >= 15 is 0 Å². The van der Waals surface area contributed by atoms with Crippen LogP contribution in [0.1, 0.15) is 17.4 Å². The van der Waals surface area contributed by atoms with E-state index in [0.717, 1.165) is 22.0 Å². The number of nitrogens with zero attached hydrogens (tertiary/aromatic N) is 4. The molecule has 0 aliphatic carbocycles. The molecule has 8 heteroatoms. The predicted octanol–water partition coefficient (Wildman–Crippen LogP) is 2.37. The van der Waals surface area contributed by atoms with Gasteiger partial charge in [0.2, 0.25) is 5.91 Å². The Morgan fingerprint density at radius 3 is 2.93 bits per heavy atom. The lowest BCUT2D eigenvalue weighted by Crippen LogP contribution is -2.56. The van der Waals surface area contributed by atoms with Crippen molar-refractivity contribution >= 4 is 28.1 Å². The number of rotatable bonds is 3. The van der Waals surface area contributed by atoms with Gasteiger partial charge in [-0.25, -0.2) is 4.98 Å². The molecule has 27 heavy (non-hydrogen) atoms. The van der Waals surface area contributed by atoms with Gasteiger partial charge in [-0.2, -0.15) is 0 Å². The van der Waals surface area contributed by atoms with E-state index in [1.807, 2.05) is 30.5 Å². The average Bonchev–Trinajstić information content (AvgIpc) is 3.26. The van der Waals surface area contributed by atoms with Gasteiger partial charge in [0.15, 0.2) is 4.96 Å². The van der Waals surface area contributed by atoms with Crippen LogP contribution in [-0.4, -0.2) is 64.3 Å². The molecule has 0 spiro atoms. The molecule has 1 aliphatic heterocycles. The van der Waals surface area contributed by atoms with Gasteiger partial charge in [0.25, 0.3) is 5.91 Å². The summed E-state index contributed by atoms with van der Waals surface area (Å²) in [5, 5.41) is 1.80. The third kappa shape index (κ3) is 2.95. The fourth-order valence-electron chi connectivity index (χ4n) is 3.30. The second-order valence-corrected chi connectivity index (χ2v) is 7.40. The van der Waals surface area contributed by atoms with Crippen LogP contribution in [0, 0.1) is 0 Å². The highest BCUT2D eigenvalue weighted by Gasteiger charge is 2.34. The number of fused-ring (bicyclic) bond motifs is 1. The second-order valence-electron chi connectivity index (χ2n) is 6.57. The highest BCUT2D eigenvalue weighted by molar-refractivity contribution is 7.15. The van der Waals surface area contributed by atoms with Crippen LogP contribution in [0.5, 0.6) is 5.75 Å². The quantitative estimate of drug-likeness (QED) is 0.695. The van der Waals surface area contributed by atoms with E-state index in [2.05, 4.69) is 4.98 Å². The summed E-state index contributed by atoms with van der Waals surface area (Å²) in [7, 11) is 3.39. The van der Waals surface area contributed by atoms with Crippen molar-refractivity contribution in [1.82, 2.24) is 19.2 Å². The Kier molecular flexibility index (Phi) is 4.35. The maximum Gasteiger partial charge on any atom is 0.272 e. The molecule has 4 rings (SSSR count). The summed E-state index contributed by atoms with van der Waals surface area (Å²) < 4.78 is 7.08. The average molecular weight is 384 g/mol. The molecule has 2 aromatic heterocycles. The number of benzene rings is 1. The lowest BCUT2D eigenvalue weighted by Gasteiger charge is -2.37. The van der Waals surface area contributed by atoms with Crippen LogP contribution in [-0.2, 0) is 4.79 Å². The highest BCUT2D eigenvalue weighted by atomic mass is 32.1. The third-order valence-electron chi connectivity index (χ3n) is 4.93. The van der Waals surface area contributed by atoms with E-state index in [9.17, 15) is 9.59 Å². The van der Waals surface area contributed by atoms with Crippen LogP contribution < -0.4 is 4.74 Å². The SMILES string of the molecule is COc1cccc(-c2cn3c(C(=O)N4CCN(C)C(=O)[C@@H]4C)csc3n2)c1. The molecule has 7 nitrogen and oxygen atoms in total. The standard InChI is InChI=1S/C19H20N4O3S/c1-12-17(24)21(2)7-8-22(12)18(25)16-11-27-19-20-15(10-23(16)19)13-5-4-6-14(9-13)26-3/h4-6,9-12H,7-8H2,1-3H3/t12-/m0/s1. The van der Waals surface area contributed by atoms with E-state index < -0.39 is 6.04 Å². The number of hydrogen-bond donors (Lipinski definition) is 0. The zero-order chi connectivity index (χ0) is 19.1. The van der Waals surface area contributed by atoms with Crippen molar-refractivity contribution in [3.05, 3.63) is 41.5 Å². The van der Waals surface area contributed by atoms with Gasteiger partial charge >= 0.3 is 0 Å². The minimum absolute atomic E-state index is 0.0382. The maximum absolute atomic E-state index is 13.1. The largest absolute Gasteiger partial charge is 0.497 e. The van der Waals surface area contributed by atoms with Gasteiger partial charge in [-0.15, -0.1) is 11.3 Å². The van der Waals surface area contributed by atoms with Crippen molar-refractivity contribution < 1.29 is 14.3 Å². The van der Waals surface area contributed by atoms with Crippen LogP contribution >= 0.6 is 11.3 Å². The molecule has 0 saturated carbocycles. The summed E-state index contributed by atoms with van der Waals surface area (Å²) in [4.78, 5) is 34.0. The molecule has 1 saturated heterocycles. The van der Waals surface area contributed by atoms with E-state index in [-0.39, 0.29) is 11.8 Å². The Morgan fingerprint density at radius 1 is 1.33 bits per heavy atom. The fourth-order valence-corrected chi connectivity index (χ4v) is 4.14. The molecule has 0 unspecified atom stereocenters. The van der Waals surface area contributed by atoms with Crippen molar-refractivity contribution in [2.24, 2.45) is 0 Å². The molecule has 1 aliphatic rings. The Morgan fingerprint density at radius 2 is 2.15 bits per heavy atom. The first kappa shape index (κ1) is 17.5. The molecule has 1 aromatic carbocycles. The van der Waals surface area contributed by atoms with Crippen molar-refractivity contribution in [2.75, 3.05) is 27.2 Å². The van der Waals surface area contributed by atoms with Crippen LogP contribution in [0.4, 0.5) is 0 Å². The molecule has 0 bridgehead atoms. The van der Waals surface area contributed by atoms with Gasteiger partial charge < -0.3 is 14.5 Å². The smallest absolute Gasteiger partial charge is 0.272 e. The van der Waals surface area contributed by atoms with Gasteiger partial charge in [-0.3, -0.25) is 14.0 Å². The summed E-state index contributed by atoms with van der Waals surface area (Å²) in [6.07, 6.45) is 1.86. The normalized spacial score (nSPS) is 17.6. The Labute approximate surface area is 160 Å². The summed E-state index contributed by atoms with van der Waals surface area (Å²) in [5.41, 5.74) is 2.23. The molecule has 3 heterocycles. The number of carbonyl (C=O) groups is 2. The first-order chi connectivity index (χ1) is 13.0. The Hall–Kier alpha value is -2.87. The second kappa shape index (κ2) is 6.70. The van der Waals surface area contributed by atoms with Gasteiger partial charge in [0, 0.05) is 37.3 Å². The van der Waals surface area contributed by atoms with E-state index in [0.29, 0.717) is 18.8 Å². The van der Waals surface area contributed by atoms with Crippen molar-refractivity contribution in [2.45, 2.75) is 13.0 Å². The number of ether oxygens (including phenoxy) is 1. The monoisotopic (exact) mass is 384 g/mol. The minimum atomic E-state index is -0.465. The van der Waals surface area contributed by atoms with Gasteiger partial charge in [0.05, 0.1) is 12.8 Å². The van der Waals surface area contributed by atoms with Crippen LogP contribution in [0.3, 0.4) is 0 Å². The van der Waals surface area contributed by atoms with Crippen LogP contribution in [0.25, 0.3) is 16.2 Å². The Balaban J connectivity index is 1.68. The molecule has 1 atom stereocenters. The molecule has 2 amide bonds. The molecular formula is C19H20N4O3S. The van der Waals surface area contributed by atoms with Crippen molar-refractivity contribution in [3.63, 3.8) is 0 Å². The molecule has 3 aromatic rings. The molecule has 0 N–H and O–H groups in total. The first-order valence-electron chi connectivity index (χ1n) is 8.66. The molecule has 0 radical (unpaired) electrons. The lowest BCUT2D eigenvalue weighted by atomic mass is 10.1. The predicted molar refractivity (Wildman–Crippen MR) is 103 cm³/mol. The number of thiazole rings is 1. The third-order valence-corrected chi connectivity index (χ3v) is 5.77. The van der Waals surface area contributed by atoms with Crippen LogP contribution in [0.15, 0.2) is 35.8 Å². The number of piperazine rings is 1. The number of methoxy groups -OCH3 is 1. The number of carbonyl (C=O) groups excluding carboxylic acids is 2. The minimum Gasteiger partial charge on any atom is -0.497 e. The zero-order valence-corrected chi connectivity index (χ0v) is 16.2. The molecule has 1 fully saturated rings.